The Kier molecular flexibility index (Phi) is 4.44. The average Bonchev–Trinajstić information content (AvgIpc) is 3.18. The van der Waals surface area contributed by atoms with Gasteiger partial charge in [0.1, 0.15) is 17.6 Å². The molecule has 136 valence electrons. The molecule has 1 N–H and O–H groups in total. The molecule has 5 nitrogen and oxygen atoms in total. The molecule has 1 aromatic carbocycles. The zero-order valence-corrected chi connectivity index (χ0v) is 14.8. The van der Waals surface area contributed by atoms with Crippen LogP contribution in [-0.4, -0.2) is 21.7 Å². The van der Waals surface area contributed by atoms with Gasteiger partial charge in [0.25, 0.3) is 5.91 Å². The van der Waals surface area contributed by atoms with E-state index in [-0.39, 0.29) is 23.7 Å². The van der Waals surface area contributed by atoms with Crippen molar-refractivity contribution in [2.45, 2.75) is 33.4 Å². The van der Waals surface area contributed by atoms with Gasteiger partial charge in [-0.3, -0.25) is 9.59 Å². The van der Waals surface area contributed by atoms with Crippen LogP contribution in [0.25, 0.3) is 0 Å². The molecule has 3 rings (SSSR count). The minimum absolute atomic E-state index is 0.0274. The molecule has 1 aliphatic rings. The summed E-state index contributed by atoms with van der Waals surface area (Å²) in [6.45, 7) is 5.28. The first kappa shape index (κ1) is 17.9. The van der Waals surface area contributed by atoms with Gasteiger partial charge in [0.2, 0.25) is 0 Å². The van der Waals surface area contributed by atoms with Crippen LogP contribution in [0, 0.1) is 11.2 Å². The Bertz CT molecular complexity index is 860. The number of carbonyl (C=O) groups excluding carboxylic acids is 2. The predicted octanol–water partition coefficient (Wildman–Crippen LogP) is 3.93. The minimum Gasteiger partial charge on any atom is -0.503 e. The van der Waals surface area contributed by atoms with Crippen molar-refractivity contribution in [1.82, 2.24) is 4.90 Å². The Morgan fingerprint density at radius 3 is 2.42 bits per heavy atom. The summed E-state index contributed by atoms with van der Waals surface area (Å²) in [7, 11) is 0. The van der Waals surface area contributed by atoms with E-state index in [9.17, 15) is 19.1 Å². The lowest BCUT2D eigenvalue weighted by Crippen LogP contribution is -2.32. The van der Waals surface area contributed by atoms with Crippen molar-refractivity contribution in [2.75, 3.05) is 0 Å². The summed E-state index contributed by atoms with van der Waals surface area (Å²) in [6, 6.07) is 8.20. The second-order valence-electron chi connectivity index (χ2n) is 7.32. The van der Waals surface area contributed by atoms with Crippen LogP contribution < -0.4 is 0 Å². The van der Waals surface area contributed by atoms with E-state index in [2.05, 4.69) is 0 Å². The van der Waals surface area contributed by atoms with Gasteiger partial charge in [-0.25, -0.2) is 4.39 Å². The van der Waals surface area contributed by atoms with Crippen molar-refractivity contribution in [3.8, 4) is 0 Å². The molecule has 26 heavy (non-hydrogen) atoms. The predicted molar refractivity (Wildman–Crippen MR) is 92.5 cm³/mol. The van der Waals surface area contributed by atoms with E-state index in [0.717, 1.165) is 0 Å². The Hall–Kier alpha value is -2.89. The molecule has 0 bridgehead atoms. The van der Waals surface area contributed by atoms with Crippen molar-refractivity contribution in [1.29, 1.82) is 0 Å². The fraction of sp³-hybridized carbons (Fsp3) is 0.300. The van der Waals surface area contributed by atoms with E-state index >= 15 is 0 Å². The lowest BCUT2D eigenvalue weighted by Gasteiger charge is -2.27. The first-order chi connectivity index (χ1) is 12.2. The Morgan fingerprint density at radius 1 is 1.23 bits per heavy atom. The number of nitrogens with zero attached hydrogens (tertiary/aromatic N) is 1. The molecule has 1 atom stereocenters. The largest absolute Gasteiger partial charge is 0.503 e. The van der Waals surface area contributed by atoms with Crippen LogP contribution in [0.15, 0.2) is 58.4 Å². The summed E-state index contributed by atoms with van der Waals surface area (Å²) < 4.78 is 18.6. The summed E-state index contributed by atoms with van der Waals surface area (Å²) in [6.07, 6.45) is 1.45. The zero-order valence-electron chi connectivity index (χ0n) is 14.8. The molecule has 1 aromatic heterocycles. The number of carbonyl (C=O) groups is 2. The van der Waals surface area contributed by atoms with Crippen LogP contribution in [-0.2, 0) is 16.1 Å². The van der Waals surface area contributed by atoms with Crippen molar-refractivity contribution in [3.05, 3.63) is 71.1 Å². The van der Waals surface area contributed by atoms with Crippen molar-refractivity contribution in [3.63, 3.8) is 0 Å². The van der Waals surface area contributed by atoms with E-state index in [0.29, 0.717) is 11.3 Å². The third kappa shape index (κ3) is 3.14. The highest BCUT2D eigenvalue weighted by molar-refractivity contribution is 6.10. The van der Waals surface area contributed by atoms with Crippen molar-refractivity contribution >= 4 is 11.7 Å². The van der Waals surface area contributed by atoms with Gasteiger partial charge in [0.15, 0.2) is 11.5 Å². The lowest BCUT2D eigenvalue weighted by atomic mass is 9.83. The van der Waals surface area contributed by atoms with Crippen LogP contribution >= 0.6 is 0 Å². The smallest absolute Gasteiger partial charge is 0.290 e. The van der Waals surface area contributed by atoms with Crippen LogP contribution in [0.1, 0.15) is 38.1 Å². The lowest BCUT2D eigenvalue weighted by molar-refractivity contribution is -0.130. The van der Waals surface area contributed by atoms with Crippen LogP contribution in [0.5, 0.6) is 0 Å². The molecule has 0 fully saturated rings. The van der Waals surface area contributed by atoms with Gasteiger partial charge in [0, 0.05) is 12.0 Å². The van der Waals surface area contributed by atoms with Gasteiger partial charge < -0.3 is 14.4 Å². The molecule has 6 heteroatoms. The monoisotopic (exact) mass is 357 g/mol. The van der Waals surface area contributed by atoms with Gasteiger partial charge in [-0.1, -0.05) is 32.9 Å². The first-order valence-electron chi connectivity index (χ1n) is 8.27. The van der Waals surface area contributed by atoms with Gasteiger partial charge in [0.05, 0.1) is 11.8 Å². The number of benzene rings is 1. The topological polar surface area (TPSA) is 70.8 Å². The second kappa shape index (κ2) is 6.44. The number of ketones is 1. The van der Waals surface area contributed by atoms with E-state index in [1.807, 2.05) is 0 Å². The van der Waals surface area contributed by atoms with E-state index in [4.69, 9.17) is 4.42 Å². The highest BCUT2D eigenvalue weighted by Crippen LogP contribution is 2.41. The van der Waals surface area contributed by atoms with E-state index in [1.54, 1.807) is 45.0 Å². The number of aliphatic hydroxyl groups excluding tert-OH is 1. The fourth-order valence-electron chi connectivity index (χ4n) is 2.98. The highest BCUT2D eigenvalue weighted by atomic mass is 19.1. The average molecular weight is 357 g/mol. The van der Waals surface area contributed by atoms with E-state index < -0.39 is 23.1 Å². The molecule has 2 heterocycles. The molecule has 1 unspecified atom stereocenters. The number of furan rings is 1. The van der Waals surface area contributed by atoms with Crippen molar-refractivity contribution < 1.29 is 23.5 Å². The fourth-order valence-corrected chi connectivity index (χ4v) is 2.98. The first-order valence-corrected chi connectivity index (χ1v) is 8.27. The summed E-state index contributed by atoms with van der Waals surface area (Å²) >= 11 is 0. The van der Waals surface area contributed by atoms with Gasteiger partial charge in [-0.2, -0.15) is 0 Å². The molecule has 0 aliphatic carbocycles. The minimum atomic E-state index is -0.825. The third-order valence-electron chi connectivity index (χ3n) is 4.31. The summed E-state index contributed by atoms with van der Waals surface area (Å²) in [5.74, 6) is -1.53. The second-order valence-corrected chi connectivity index (χ2v) is 7.32. The number of aliphatic hydroxyl groups is 1. The molecule has 1 aliphatic heterocycles. The van der Waals surface area contributed by atoms with Crippen LogP contribution in [0.3, 0.4) is 0 Å². The molecule has 2 aromatic rings. The molecule has 1 amide bonds. The Labute approximate surface area is 150 Å². The van der Waals surface area contributed by atoms with Gasteiger partial charge >= 0.3 is 0 Å². The molecule has 0 radical (unpaired) electrons. The van der Waals surface area contributed by atoms with E-state index in [1.165, 1.54) is 23.3 Å². The molecular weight excluding hydrogens is 337 g/mol. The Morgan fingerprint density at radius 2 is 1.88 bits per heavy atom. The molecule has 0 saturated heterocycles. The maximum Gasteiger partial charge on any atom is 0.290 e. The maximum absolute atomic E-state index is 13.1. The molecule has 0 spiro atoms. The molecular formula is C20H20FNO4. The number of amides is 1. The van der Waals surface area contributed by atoms with Gasteiger partial charge in [-0.15, -0.1) is 0 Å². The number of halogens is 1. The van der Waals surface area contributed by atoms with Crippen LogP contribution in [0.4, 0.5) is 4.39 Å². The summed E-state index contributed by atoms with van der Waals surface area (Å²) in [5, 5.41) is 10.4. The maximum atomic E-state index is 13.1. The summed E-state index contributed by atoms with van der Waals surface area (Å²) in [5.41, 5.74) is -0.0755. The number of rotatable bonds is 4. The molecule has 0 saturated carbocycles. The third-order valence-corrected chi connectivity index (χ3v) is 4.31. The zero-order chi connectivity index (χ0) is 19.1. The summed E-state index contributed by atoms with van der Waals surface area (Å²) in [4.78, 5) is 26.9. The Balaban J connectivity index is 2.04. The number of hydrogen-bond donors (Lipinski definition) is 1. The van der Waals surface area contributed by atoms with Crippen LogP contribution in [0.2, 0.25) is 0 Å². The van der Waals surface area contributed by atoms with Crippen molar-refractivity contribution in [2.24, 2.45) is 5.41 Å². The standard InChI is InChI=1S/C20H20FNO4/c1-20(2,3)18(24)15-16(14-5-4-10-26-14)22(19(25)17(15)23)11-12-6-8-13(21)9-7-12/h4-10,16,23H,11H2,1-3H3. The number of hydrogen-bond acceptors (Lipinski definition) is 4. The highest BCUT2D eigenvalue weighted by Gasteiger charge is 2.47. The quantitative estimate of drug-likeness (QED) is 0.900. The van der Waals surface area contributed by atoms with Gasteiger partial charge in [-0.05, 0) is 29.8 Å². The number of Topliss-reactive ketones (excluding diaryl/α,β-unsaturated/α-hetero) is 1. The normalized spacial score (nSPS) is 17.9. The SMILES string of the molecule is CC(C)(C)C(=O)C1=C(O)C(=O)N(Cc2ccc(F)cc2)C1c1ccco1.